The Morgan fingerprint density at radius 1 is 1.45 bits per heavy atom. The van der Waals surface area contributed by atoms with Crippen LogP contribution in [0.1, 0.15) is 25.5 Å². The fourth-order valence-electron chi connectivity index (χ4n) is 2.48. The third-order valence-electron chi connectivity index (χ3n) is 3.87. The zero-order valence-corrected chi connectivity index (χ0v) is 15.9. The minimum absolute atomic E-state index is 0. The molecular weight excluding hydrogens is 393 g/mol. The van der Waals surface area contributed by atoms with E-state index in [9.17, 15) is 0 Å². The topological polar surface area (TPSA) is 50.0 Å². The minimum Gasteiger partial charge on any atom is -0.469 e. The van der Waals surface area contributed by atoms with Gasteiger partial charge in [-0.25, -0.2) is 0 Å². The van der Waals surface area contributed by atoms with Crippen LogP contribution >= 0.6 is 24.0 Å². The minimum atomic E-state index is 0. The molecule has 0 amide bonds. The summed E-state index contributed by atoms with van der Waals surface area (Å²) in [5, 5.41) is 3.46. The summed E-state index contributed by atoms with van der Waals surface area (Å²) in [5.74, 6) is 2.83. The number of aliphatic imine (C=N–C) groups is 1. The summed E-state index contributed by atoms with van der Waals surface area (Å²) in [6, 6.07) is 3.93. The van der Waals surface area contributed by atoms with Gasteiger partial charge in [0.05, 0.1) is 19.4 Å². The van der Waals surface area contributed by atoms with E-state index in [4.69, 9.17) is 9.15 Å². The molecule has 0 unspecified atom stereocenters. The van der Waals surface area contributed by atoms with Gasteiger partial charge in [-0.15, -0.1) is 24.0 Å². The van der Waals surface area contributed by atoms with Crippen LogP contribution in [0.25, 0.3) is 0 Å². The largest absolute Gasteiger partial charge is 0.469 e. The van der Waals surface area contributed by atoms with Gasteiger partial charge in [0.2, 0.25) is 0 Å². The number of guanidine groups is 1. The van der Waals surface area contributed by atoms with E-state index in [1.54, 1.807) is 13.4 Å². The maximum absolute atomic E-state index is 5.36. The zero-order chi connectivity index (χ0) is 14.9. The number of methoxy groups -OCH3 is 1. The monoisotopic (exact) mass is 421 g/mol. The zero-order valence-electron chi connectivity index (χ0n) is 13.6. The number of hydrogen-bond acceptors (Lipinski definition) is 3. The Morgan fingerprint density at radius 2 is 2.23 bits per heavy atom. The second kappa shape index (κ2) is 10.9. The van der Waals surface area contributed by atoms with Gasteiger partial charge in [0.1, 0.15) is 5.76 Å². The molecule has 1 saturated heterocycles. The van der Waals surface area contributed by atoms with E-state index in [0.717, 1.165) is 43.7 Å². The molecule has 1 N–H and O–H groups in total. The first kappa shape index (κ1) is 19.3. The van der Waals surface area contributed by atoms with Crippen LogP contribution in [0.2, 0.25) is 0 Å². The van der Waals surface area contributed by atoms with Crippen LogP contribution in [0.5, 0.6) is 0 Å². The first-order chi connectivity index (χ1) is 10.3. The van der Waals surface area contributed by atoms with Gasteiger partial charge in [-0.1, -0.05) is 6.92 Å². The van der Waals surface area contributed by atoms with Crippen LogP contribution in [0.15, 0.2) is 27.8 Å². The highest BCUT2D eigenvalue weighted by Crippen LogP contribution is 2.15. The molecular formula is C16H28IN3O2. The highest BCUT2D eigenvalue weighted by molar-refractivity contribution is 14.0. The van der Waals surface area contributed by atoms with Gasteiger partial charge in [0.15, 0.2) is 5.96 Å². The average Bonchev–Trinajstić information content (AvgIpc) is 3.00. The second-order valence-corrected chi connectivity index (χ2v) is 5.62. The molecule has 1 aromatic rings. The summed E-state index contributed by atoms with van der Waals surface area (Å²) in [6.45, 7) is 6.69. The summed E-state index contributed by atoms with van der Waals surface area (Å²) in [4.78, 5) is 7.02. The van der Waals surface area contributed by atoms with Crippen molar-refractivity contribution in [2.24, 2.45) is 10.9 Å². The van der Waals surface area contributed by atoms with E-state index in [2.05, 4.69) is 22.1 Å². The molecule has 2 rings (SSSR count). The lowest BCUT2D eigenvalue weighted by molar-refractivity contribution is 0.206. The maximum atomic E-state index is 5.36. The Bertz CT molecular complexity index is 415. The number of likely N-dealkylation sites (tertiary alicyclic amines) is 1. The molecule has 2 heterocycles. The lowest BCUT2D eigenvalue weighted by Gasteiger charge is -2.33. The standard InChI is InChI=1S/C16H27N3O2.HI/c1-14-6-10-19(11-7-14)16(18-9-13-20-2)17-8-5-15-4-3-12-21-15;/h3-4,12,14H,5-11,13H2,1-2H3,(H,17,18);1H. The summed E-state index contributed by atoms with van der Waals surface area (Å²) in [5.41, 5.74) is 0. The number of nitrogens with zero attached hydrogens (tertiary/aromatic N) is 2. The number of furan rings is 1. The van der Waals surface area contributed by atoms with Gasteiger partial charge in [0, 0.05) is 33.2 Å². The number of nitrogens with one attached hydrogen (secondary N) is 1. The molecule has 6 heteroatoms. The summed E-state index contributed by atoms with van der Waals surface area (Å²) < 4.78 is 10.5. The SMILES string of the molecule is COCCN=C(NCCc1ccco1)N1CCC(C)CC1.I. The van der Waals surface area contributed by atoms with Crippen molar-refractivity contribution in [2.75, 3.05) is 39.9 Å². The molecule has 1 aliphatic heterocycles. The lowest BCUT2D eigenvalue weighted by Crippen LogP contribution is -2.46. The van der Waals surface area contributed by atoms with Gasteiger partial charge in [0.25, 0.3) is 0 Å². The Morgan fingerprint density at radius 3 is 2.86 bits per heavy atom. The number of halogens is 1. The van der Waals surface area contributed by atoms with Crippen LogP contribution in [0.4, 0.5) is 0 Å². The van der Waals surface area contributed by atoms with Crippen molar-refractivity contribution < 1.29 is 9.15 Å². The molecule has 0 aromatic carbocycles. The number of piperidine rings is 1. The van der Waals surface area contributed by atoms with Crippen molar-refractivity contribution in [3.8, 4) is 0 Å². The fraction of sp³-hybridized carbons (Fsp3) is 0.688. The van der Waals surface area contributed by atoms with Gasteiger partial charge < -0.3 is 19.4 Å². The Kier molecular flexibility index (Phi) is 9.54. The molecule has 0 aliphatic carbocycles. The van der Waals surface area contributed by atoms with Gasteiger partial charge >= 0.3 is 0 Å². The summed E-state index contributed by atoms with van der Waals surface area (Å²) in [7, 11) is 1.71. The van der Waals surface area contributed by atoms with E-state index in [0.29, 0.717) is 13.2 Å². The number of hydrogen-bond donors (Lipinski definition) is 1. The maximum Gasteiger partial charge on any atom is 0.194 e. The van der Waals surface area contributed by atoms with Crippen molar-refractivity contribution in [3.63, 3.8) is 0 Å². The van der Waals surface area contributed by atoms with Crippen LogP contribution in [0.3, 0.4) is 0 Å². The van der Waals surface area contributed by atoms with E-state index in [1.165, 1.54) is 12.8 Å². The van der Waals surface area contributed by atoms with Gasteiger partial charge in [-0.3, -0.25) is 4.99 Å². The molecule has 126 valence electrons. The molecule has 0 bridgehead atoms. The molecule has 1 aromatic heterocycles. The molecule has 1 fully saturated rings. The van der Waals surface area contributed by atoms with Gasteiger partial charge in [-0.05, 0) is 30.9 Å². The van der Waals surface area contributed by atoms with Gasteiger partial charge in [-0.2, -0.15) is 0 Å². The van der Waals surface area contributed by atoms with E-state index >= 15 is 0 Å². The Balaban J connectivity index is 0.00000242. The first-order valence-electron chi connectivity index (χ1n) is 7.84. The molecule has 0 radical (unpaired) electrons. The molecule has 22 heavy (non-hydrogen) atoms. The normalized spacial score (nSPS) is 16.5. The predicted molar refractivity (Wildman–Crippen MR) is 100.0 cm³/mol. The average molecular weight is 421 g/mol. The highest BCUT2D eigenvalue weighted by Gasteiger charge is 2.18. The van der Waals surface area contributed by atoms with Crippen molar-refractivity contribution in [3.05, 3.63) is 24.2 Å². The smallest absolute Gasteiger partial charge is 0.194 e. The summed E-state index contributed by atoms with van der Waals surface area (Å²) in [6.07, 6.45) is 5.07. The first-order valence-corrected chi connectivity index (χ1v) is 7.84. The third kappa shape index (κ3) is 6.56. The molecule has 0 atom stereocenters. The number of ether oxygens (including phenoxy) is 1. The van der Waals surface area contributed by atoms with E-state index in [-0.39, 0.29) is 24.0 Å². The van der Waals surface area contributed by atoms with Crippen molar-refractivity contribution in [1.82, 2.24) is 10.2 Å². The predicted octanol–water partition coefficient (Wildman–Crippen LogP) is 2.76. The lowest BCUT2D eigenvalue weighted by atomic mass is 10.00. The molecule has 1 aliphatic rings. The van der Waals surface area contributed by atoms with Crippen molar-refractivity contribution >= 4 is 29.9 Å². The van der Waals surface area contributed by atoms with Crippen LogP contribution in [0, 0.1) is 5.92 Å². The van der Waals surface area contributed by atoms with Crippen LogP contribution in [-0.2, 0) is 11.2 Å². The highest BCUT2D eigenvalue weighted by atomic mass is 127. The second-order valence-electron chi connectivity index (χ2n) is 5.62. The third-order valence-corrected chi connectivity index (χ3v) is 3.87. The van der Waals surface area contributed by atoms with Crippen LogP contribution < -0.4 is 5.32 Å². The number of rotatable bonds is 6. The molecule has 0 spiro atoms. The van der Waals surface area contributed by atoms with Crippen LogP contribution in [-0.4, -0.2) is 50.8 Å². The quantitative estimate of drug-likeness (QED) is 0.332. The molecule has 5 nitrogen and oxygen atoms in total. The van der Waals surface area contributed by atoms with E-state index < -0.39 is 0 Å². The van der Waals surface area contributed by atoms with E-state index in [1.807, 2.05) is 12.1 Å². The van der Waals surface area contributed by atoms with Crippen molar-refractivity contribution in [2.45, 2.75) is 26.2 Å². The summed E-state index contributed by atoms with van der Waals surface area (Å²) >= 11 is 0. The fourth-order valence-corrected chi connectivity index (χ4v) is 2.48. The Labute approximate surface area is 150 Å². The van der Waals surface area contributed by atoms with Crippen molar-refractivity contribution in [1.29, 1.82) is 0 Å². The molecule has 0 saturated carbocycles. The Hall–Kier alpha value is -0.760.